The number of rotatable bonds is 7. The normalized spacial score (nSPS) is 9.50. The molecule has 0 fully saturated rings. The first-order chi connectivity index (χ1) is 7.88. The highest BCUT2D eigenvalue weighted by molar-refractivity contribution is 5.39. The van der Waals surface area contributed by atoms with Crippen LogP contribution in [0.1, 0.15) is 26.2 Å². The molecule has 1 aromatic carbocycles. The monoisotopic (exact) mass is 219 g/mol. The van der Waals surface area contributed by atoms with Gasteiger partial charge in [0.2, 0.25) is 0 Å². The molecule has 0 saturated carbocycles. The number of benzene rings is 1. The van der Waals surface area contributed by atoms with Gasteiger partial charge in [-0.1, -0.05) is 12.1 Å². The molecule has 0 heterocycles. The zero-order valence-electron chi connectivity index (χ0n) is 9.61. The molecule has 86 valence electrons. The minimum Gasteiger partial charge on any atom is -0.490 e. The average Bonchev–Trinajstić information content (AvgIpc) is 2.31. The Morgan fingerprint density at radius 1 is 1.12 bits per heavy atom. The molecule has 0 aromatic heterocycles. The Kier molecular flexibility index (Phi) is 5.87. The first kappa shape index (κ1) is 12.4. The Morgan fingerprint density at radius 2 is 1.81 bits per heavy atom. The van der Waals surface area contributed by atoms with Crippen LogP contribution in [0.3, 0.4) is 0 Å². The summed E-state index contributed by atoms with van der Waals surface area (Å²) in [5.41, 5.74) is 0. The Bertz CT molecular complexity index is 344. The van der Waals surface area contributed by atoms with E-state index in [1.165, 1.54) is 0 Å². The van der Waals surface area contributed by atoms with Gasteiger partial charge >= 0.3 is 0 Å². The predicted molar refractivity (Wildman–Crippen MR) is 62.6 cm³/mol. The van der Waals surface area contributed by atoms with Crippen molar-refractivity contribution in [2.45, 2.75) is 26.2 Å². The van der Waals surface area contributed by atoms with Gasteiger partial charge in [-0.15, -0.1) is 0 Å². The second-order valence-corrected chi connectivity index (χ2v) is 3.34. The molecule has 0 radical (unpaired) electrons. The van der Waals surface area contributed by atoms with Crippen LogP contribution >= 0.6 is 0 Å². The van der Waals surface area contributed by atoms with Gasteiger partial charge < -0.3 is 9.47 Å². The lowest BCUT2D eigenvalue weighted by atomic mass is 10.2. The molecule has 0 aliphatic rings. The van der Waals surface area contributed by atoms with E-state index in [0.29, 0.717) is 19.6 Å². The van der Waals surface area contributed by atoms with Crippen molar-refractivity contribution in [1.82, 2.24) is 0 Å². The molecule has 3 heteroatoms. The Hall–Kier alpha value is -1.69. The van der Waals surface area contributed by atoms with Gasteiger partial charge in [-0.05, 0) is 31.9 Å². The maximum Gasteiger partial charge on any atom is 0.161 e. The van der Waals surface area contributed by atoms with Crippen molar-refractivity contribution in [2.24, 2.45) is 0 Å². The van der Waals surface area contributed by atoms with E-state index in [4.69, 9.17) is 14.7 Å². The number of hydrogen-bond acceptors (Lipinski definition) is 3. The largest absolute Gasteiger partial charge is 0.490 e. The standard InChI is InChI=1S/C13H17NO2/c1-2-15-12-8-4-5-9-13(12)16-11-7-3-6-10-14/h4-5,8-9H,2-3,6-7,11H2,1H3. The Balaban J connectivity index is 2.38. The summed E-state index contributed by atoms with van der Waals surface area (Å²) >= 11 is 0. The number of nitriles is 1. The number of unbranched alkanes of at least 4 members (excludes halogenated alkanes) is 2. The van der Waals surface area contributed by atoms with Crippen molar-refractivity contribution < 1.29 is 9.47 Å². The zero-order chi connectivity index (χ0) is 11.6. The molecule has 0 N–H and O–H groups in total. The molecule has 0 aliphatic heterocycles. The van der Waals surface area contributed by atoms with Crippen LogP contribution in [-0.4, -0.2) is 13.2 Å². The van der Waals surface area contributed by atoms with Crippen LogP contribution in [0.2, 0.25) is 0 Å². The third-order valence-electron chi connectivity index (χ3n) is 2.09. The third-order valence-corrected chi connectivity index (χ3v) is 2.09. The van der Waals surface area contributed by atoms with Crippen LogP contribution < -0.4 is 9.47 Å². The van der Waals surface area contributed by atoms with Crippen LogP contribution in [0.15, 0.2) is 24.3 Å². The van der Waals surface area contributed by atoms with Gasteiger partial charge in [0.1, 0.15) is 0 Å². The number of nitrogens with zero attached hydrogens (tertiary/aromatic N) is 1. The highest BCUT2D eigenvalue weighted by atomic mass is 16.5. The SMILES string of the molecule is CCOc1ccccc1OCCCCC#N. The van der Waals surface area contributed by atoms with Crippen LogP contribution in [0, 0.1) is 11.3 Å². The smallest absolute Gasteiger partial charge is 0.161 e. The summed E-state index contributed by atoms with van der Waals surface area (Å²) in [6, 6.07) is 9.76. The van der Waals surface area contributed by atoms with Gasteiger partial charge in [-0.3, -0.25) is 0 Å². The Morgan fingerprint density at radius 3 is 2.44 bits per heavy atom. The molecule has 0 saturated heterocycles. The second kappa shape index (κ2) is 7.58. The van der Waals surface area contributed by atoms with Crippen molar-refractivity contribution in [3.63, 3.8) is 0 Å². The van der Waals surface area contributed by atoms with Gasteiger partial charge in [0.25, 0.3) is 0 Å². The van der Waals surface area contributed by atoms with E-state index in [0.717, 1.165) is 24.3 Å². The lowest BCUT2D eigenvalue weighted by Crippen LogP contribution is -2.00. The fourth-order valence-electron chi connectivity index (χ4n) is 1.33. The zero-order valence-corrected chi connectivity index (χ0v) is 9.61. The van der Waals surface area contributed by atoms with E-state index < -0.39 is 0 Å². The maximum absolute atomic E-state index is 8.39. The fourth-order valence-corrected chi connectivity index (χ4v) is 1.33. The molecule has 0 amide bonds. The van der Waals surface area contributed by atoms with Gasteiger partial charge in [0.15, 0.2) is 11.5 Å². The van der Waals surface area contributed by atoms with Crippen molar-refractivity contribution in [3.05, 3.63) is 24.3 Å². The molecule has 1 aromatic rings. The summed E-state index contributed by atoms with van der Waals surface area (Å²) in [5, 5.41) is 8.39. The molecule has 0 unspecified atom stereocenters. The van der Waals surface area contributed by atoms with E-state index in [1.54, 1.807) is 0 Å². The van der Waals surface area contributed by atoms with Crippen molar-refractivity contribution in [2.75, 3.05) is 13.2 Å². The summed E-state index contributed by atoms with van der Waals surface area (Å²) in [5.74, 6) is 1.56. The van der Waals surface area contributed by atoms with E-state index in [1.807, 2.05) is 31.2 Å². The minimum atomic E-state index is 0.594. The summed E-state index contributed by atoms with van der Waals surface area (Å²) in [6.45, 7) is 3.21. The fraction of sp³-hybridized carbons (Fsp3) is 0.462. The highest BCUT2D eigenvalue weighted by Crippen LogP contribution is 2.26. The first-order valence-corrected chi connectivity index (χ1v) is 5.60. The molecular formula is C13H17NO2. The molecule has 0 spiro atoms. The maximum atomic E-state index is 8.39. The van der Waals surface area contributed by atoms with E-state index in [2.05, 4.69) is 6.07 Å². The van der Waals surface area contributed by atoms with Gasteiger partial charge in [-0.25, -0.2) is 0 Å². The molecule has 0 atom stereocenters. The number of para-hydroxylation sites is 2. The van der Waals surface area contributed by atoms with Crippen LogP contribution in [0.25, 0.3) is 0 Å². The van der Waals surface area contributed by atoms with E-state index in [9.17, 15) is 0 Å². The minimum absolute atomic E-state index is 0.594. The number of ether oxygens (including phenoxy) is 2. The number of hydrogen-bond donors (Lipinski definition) is 0. The lowest BCUT2D eigenvalue weighted by Gasteiger charge is -2.10. The summed E-state index contributed by atoms with van der Waals surface area (Å²) in [4.78, 5) is 0. The molecule has 16 heavy (non-hydrogen) atoms. The van der Waals surface area contributed by atoms with E-state index in [-0.39, 0.29) is 0 Å². The van der Waals surface area contributed by atoms with Crippen LogP contribution in [0.5, 0.6) is 11.5 Å². The first-order valence-electron chi connectivity index (χ1n) is 5.60. The molecule has 0 bridgehead atoms. The summed E-state index contributed by atoms with van der Waals surface area (Å²) in [7, 11) is 0. The summed E-state index contributed by atoms with van der Waals surface area (Å²) < 4.78 is 11.0. The van der Waals surface area contributed by atoms with Crippen LogP contribution in [-0.2, 0) is 0 Å². The molecule has 0 aliphatic carbocycles. The van der Waals surface area contributed by atoms with Gasteiger partial charge in [-0.2, -0.15) is 5.26 Å². The summed E-state index contributed by atoms with van der Waals surface area (Å²) in [6.07, 6.45) is 2.37. The van der Waals surface area contributed by atoms with Crippen LogP contribution in [0.4, 0.5) is 0 Å². The quantitative estimate of drug-likeness (QED) is 0.661. The average molecular weight is 219 g/mol. The Labute approximate surface area is 96.6 Å². The van der Waals surface area contributed by atoms with Crippen molar-refractivity contribution in [3.8, 4) is 17.6 Å². The molecular weight excluding hydrogens is 202 g/mol. The van der Waals surface area contributed by atoms with Gasteiger partial charge in [0, 0.05) is 6.42 Å². The third kappa shape index (κ3) is 4.22. The predicted octanol–water partition coefficient (Wildman–Crippen LogP) is 3.16. The molecule has 1 rings (SSSR count). The molecule has 3 nitrogen and oxygen atoms in total. The highest BCUT2D eigenvalue weighted by Gasteiger charge is 2.02. The lowest BCUT2D eigenvalue weighted by molar-refractivity contribution is 0.272. The van der Waals surface area contributed by atoms with Gasteiger partial charge in [0.05, 0.1) is 19.3 Å². The van der Waals surface area contributed by atoms with Crippen molar-refractivity contribution in [1.29, 1.82) is 5.26 Å². The topological polar surface area (TPSA) is 42.2 Å². The second-order valence-electron chi connectivity index (χ2n) is 3.34. The van der Waals surface area contributed by atoms with E-state index >= 15 is 0 Å². The van der Waals surface area contributed by atoms with Crippen molar-refractivity contribution >= 4 is 0 Å².